The van der Waals surface area contributed by atoms with E-state index < -0.39 is 13.5 Å². The van der Waals surface area contributed by atoms with Crippen molar-refractivity contribution in [3.8, 4) is 44.5 Å². The van der Waals surface area contributed by atoms with Gasteiger partial charge in [-0.25, -0.2) is 0 Å². The normalized spacial score (nSPS) is 16.1. The SMILES string of the molecule is Cc1ccc2c(c1)[Si]1(c3ccccc3-c3ccc(N4c5ccccc5C5(c6ccccc6-c6c5ccc5c6-c6ccccc6C5(C)C)c5ccccc54)cc31)c1cc(C)ccc1-2. The standard InChI is InChI=1S/C60H43NSi/c1-36-25-28-40-41-29-26-37(2)34-55(41)62(54(40)33-36)53-24-14-7-15-39(53)42-30-27-38(35-56(42)62)61-51-22-12-10-20-47(51)60(48-21-11-13-23-52(48)61)46-19-9-6-17-44(46)58-50(60)32-31-49-57(58)43-16-5-8-18-45(43)59(49,3)4/h5-35H,1-4H3. The Hall–Kier alpha value is -7.00. The van der Waals surface area contributed by atoms with Gasteiger partial charge in [0.1, 0.15) is 0 Å². The Morgan fingerprint density at radius 1 is 0.355 bits per heavy atom. The zero-order chi connectivity index (χ0) is 41.3. The van der Waals surface area contributed by atoms with Gasteiger partial charge in [-0.05, 0) is 137 Å². The molecule has 0 saturated carbocycles. The second-order valence-electron chi connectivity index (χ2n) is 18.9. The van der Waals surface area contributed by atoms with E-state index >= 15 is 0 Å². The summed E-state index contributed by atoms with van der Waals surface area (Å²) in [5.74, 6) is 0. The Morgan fingerprint density at radius 2 is 0.806 bits per heavy atom. The second-order valence-corrected chi connectivity index (χ2v) is 22.5. The molecule has 0 fully saturated rings. The third-order valence-electron chi connectivity index (χ3n) is 15.6. The van der Waals surface area contributed by atoms with E-state index in [1.165, 1.54) is 127 Å². The number of anilines is 3. The molecule has 9 aromatic carbocycles. The van der Waals surface area contributed by atoms with Crippen LogP contribution in [0.15, 0.2) is 188 Å². The van der Waals surface area contributed by atoms with Crippen molar-refractivity contribution in [1.29, 1.82) is 0 Å². The highest BCUT2D eigenvalue weighted by Gasteiger charge is 2.56. The molecule has 0 unspecified atom stereocenters. The first-order valence-electron chi connectivity index (χ1n) is 22.2. The fraction of sp³-hybridized carbons (Fsp3) is 0.100. The van der Waals surface area contributed by atoms with Crippen LogP contribution in [0.3, 0.4) is 0 Å². The molecule has 0 atom stereocenters. The molecular formula is C60H43NSi. The average Bonchev–Trinajstić information content (AvgIpc) is 3.95. The minimum Gasteiger partial charge on any atom is -0.310 e. The highest BCUT2D eigenvalue weighted by atomic mass is 28.3. The molecule has 0 N–H and O–H groups in total. The molecule has 3 aliphatic heterocycles. The Bertz CT molecular complexity index is 3400. The number of hydrogen-bond donors (Lipinski definition) is 0. The summed E-state index contributed by atoms with van der Waals surface area (Å²) >= 11 is 0. The van der Waals surface area contributed by atoms with Crippen molar-refractivity contribution >= 4 is 45.9 Å². The van der Waals surface area contributed by atoms with Crippen molar-refractivity contribution in [2.75, 3.05) is 4.90 Å². The summed E-state index contributed by atoms with van der Waals surface area (Å²) in [4.78, 5) is 2.59. The summed E-state index contributed by atoms with van der Waals surface area (Å²) in [6, 6.07) is 73.2. The van der Waals surface area contributed by atoms with Gasteiger partial charge in [0.2, 0.25) is 0 Å². The maximum absolute atomic E-state index is 2.70. The molecule has 0 bridgehead atoms. The summed E-state index contributed by atoms with van der Waals surface area (Å²) < 4.78 is 0. The van der Waals surface area contributed by atoms with Crippen LogP contribution in [0, 0.1) is 13.8 Å². The van der Waals surface area contributed by atoms with Gasteiger partial charge >= 0.3 is 0 Å². The third kappa shape index (κ3) is 3.89. The molecule has 3 heterocycles. The first kappa shape index (κ1) is 34.7. The van der Waals surface area contributed by atoms with Gasteiger partial charge < -0.3 is 4.90 Å². The van der Waals surface area contributed by atoms with Gasteiger partial charge in [0.15, 0.2) is 8.07 Å². The predicted octanol–water partition coefficient (Wildman–Crippen LogP) is 12.1. The van der Waals surface area contributed by atoms with Crippen molar-refractivity contribution in [3.05, 3.63) is 233 Å². The number of nitrogens with zero attached hydrogens (tertiary/aromatic N) is 1. The topological polar surface area (TPSA) is 3.24 Å². The molecular weight excluding hydrogens is 763 g/mol. The van der Waals surface area contributed by atoms with Crippen molar-refractivity contribution in [1.82, 2.24) is 0 Å². The number of para-hydroxylation sites is 2. The van der Waals surface area contributed by atoms with Crippen LogP contribution in [-0.2, 0) is 10.8 Å². The van der Waals surface area contributed by atoms with E-state index in [0.29, 0.717) is 0 Å². The predicted molar refractivity (Wildman–Crippen MR) is 261 cm³/mol. The van der Waals surface area contributed by atoms with Gasteiger partial charge in [0.25, 0.3) is 0 Å². The van der Waals surface area contributed by atoms with E-state index in [2.05, 4.69) is 221 Å². The average molecular weight is 806 g/mol. The van der Waals surface area contributed by atoms with E-state index in [9.17, 15) is 0 Å². The van der Waals surface area contributed by atoms with E-state index in [0.717, 1.165) is 0 Å². The minimum atomic E-state index is -2.70. The number of benzene rings is 9. The van der Waals surface area contributed by atoms with E-state index in [4.69, 9.17) is 0 Å². The van der Waals surface area contributed by atoms with Gasteiger partial charge in [-0.15, -0.1) is 0 Å². The van der Waals surface area contributed by atoms with E-state index in [-0.39, 0.29) is 5.41 Å². The second kappa shape index (κ2) is 11.7. The van der Waals surface area contributed by atoms with Crippen LogP contribution in [0.25, 0.3) is 44.5 Å². The van der Waals surface area contributed by atoms with Crippen molar-refractivity contribution in [2.24, 2.45) is 0 Å². The summed E-state index contributed by atoms with van der Waals surface area (Å²) in [6.45, 7) is 9.33. The molecule has 292 valence electrons. The molecule has 0 aromatic heterocycles. The van der Waals surface area contributed by atoms with E-state index in [1.54, 1.807) is 0 Å². The summed E-state index contributed by atoms with van der Waals surface area (Å²) in [5.41, 5.74) is 25.0. The molecule has 2 aliphatic carbocycles. The lowest BCUT2D eigenvalue weighted by atomic mass is 9.64. The molecule has 5 aliphatic rings. The van der Waals surface area contributed by atoms with Crippen molar-refractivity contribution in [3.63, 3.8) is 0 Å². The Morgan fingerprint density at radius 3 is 1.45 bits per heavy atom. The zero-order valence-corrected chi connectivity index (χ0v) is 36.3. The van der Waals surface area contributed by atoms with Gasteiger partial charge in [-0.2, -0.15) is 0 Å². The first-order valence-corrected chi connectivity index (χ1v) is 24.2. The van der Waals surface area contributed by atoms with Gasteiger partial charge in [-0.1, -0.05) is 189 Å². The van der Waals surface area contributed by atoms with Crippen molar-refractivity contribution < 1.29 is 0 Å². The quantitative estimate of drug-likeness (QED) is 0.149. The van der Waals surface area contributed by atoms with Gasteiger partial charge in [0.05, 0.1) is 16.8 Å². The number of rotatable bonds is 1. The zero-order valence-electron chi connectivity index (χ0n) is 35.3. The largest absolute Gasteiger partial charge is 0.310 e. The fourth-order valence-corrected chi connectivity index (χ4v) is 19.0. The van der Waals surface area contributed by atoms with Crippen LogP contribution in [0.5, 0.6) is 0 Å². The number of aryl methyl sites for hydroxylation is 2. The molecule has 9 aromatic rings. The van der Waals surface area contributed by atoms with Crippen LogP contribution in [0.2, 0.25) is 0 Å². The lowest BCUT2D eigenvalue weighted by Gasteiger charge is -2.45. The van der Waals surface area contributed by atoms with Crippen molar-refractivity contribution in [2.45, 2.75) is 38.5 Å². The Balaban J connectivity index is 1.05. The minimum absolute atomic E-state index is 0.0868. The van der Waals surface area contributed by atoms with Crippen LogP contribution < -0.4 is 25.6 Å². The molecule has 62 heavy (non-hydrogen) atoms. The Labute approximate surface area is 364 Å². The van der Waals surface area contributed by atoms with Crippen LogP contribution in [0.1, 0.15) is 58.4 Å². The molecule has 14 rings (SSSR count). The highest BCUT2D eigenvalue weighted by Crippen LogP contribution is 2.66. The molecule has 1 nitrogen and oxygen atoms in total. The fourth-order valence-electron chi connectivity index (χ4n) is 13.2. The van der Waals surface area contributed by atoms with E-state index in [1.807, 2.05) is 0 Å². The summed E-state index contributed by atoms with van der Waals surface area (Å²) in [7, 11) is -2.70. The molecule has 0 radical (unpaired) electrons. The maximum atomic E-state index is 2.61. The maximum Gasteiger partial charge on any atom is 0.182 e. The third-order valence-corrected chi connectivity index (χ3v) is 20.5. The number of fused-ring (bicyclic) bond motifs is 23. The summed E-state index contributed by atoms with van der Waals surface area (Å²) in [5, 5.41) is 6.06. The van der Waals surface area contributed by atoms with Crippen LogP contribution >= 0.6 is 0 Å². The first-order chi connectivity index (χ1) is 30.3. The number of hydrogen-bond acceptors (Lipinski definition) is 1. The molecule has 2 spiro atoms. The van der Waals surface area contributed by atoms with Gasteiger partial charge in [-0.3, -0.25) is 0 Å². The lowest BCUT2D eigenvalue weighted by molar-refractivity contribution is 0.659. The molecule has 0 saturated heterocycles. The lowest BCUT2D eigenvalue weighted by Crippen LogP contribution is -2.70. The van der Waals surface area contributed by atoms with Crippen LogP contribution in [-0.4, -0.2) is 8.07 Å². The van der Waals surface area contributed by atoms with Gasteiger partial charge in [0, 0.05) is 11.1 Å². The monoisotopic (exact) mass is 805 g/mol. The molecule has 2 heteroatoms. The van der Waals surface area contributed by atoms with Crippen LogP contribution in [0.4, 0.5) is 17.1 Å². The highest BCUT2D eigenvalue weighted by molar-refractivity contribution is 7.24. The smallest absolute Gasteiger partial charge is 0.182 e. The molecule has 0 amide bonds. The Kier molecular flexibility index (Phi) is 6.53. The summed E-state index contributed by atoms with van der Waals surface area (Å²) in [6.07, 6.45) is 0.